The van der Waals surface area contributed by atoms with E-state index in [9.17, 15) is 8.42 Å². The summed E-state index contributed by atoms with van der Waals surface area (Å²) in [6.45, 7) is 3.17. The summed E-state index contributed by atoms with van der Waals surface area (Å²) in [6, 6.07) is 15.2. The molecule has 4 atom stereocenters. The molecule has 1 saturated carbocycles. The van der Waals surface area contributed by atoms with Crippen LogP contribution < -0.4 is 4.72 Å². The standard InChI is InChI=1S/C21H24Cl2N2O3S/c1-14-20(15-5-3-2-4-6-15)21(14)24-29(26,27)25-10-9-18(12-25)28-13-16-11-17(22)7-8-19(16)23/h2-8,11,14,18,20-21,24H,9-10,12-13H2,1H3/t14-,18?,20-,21+/m1/s1. The molecule has 2 aliphatic rings. The Hall–Kier alpha value is -1.15. The second kappa shape index (κ2) is 8.53. The van der Waals surface area contributed by atoms with E-state index in [0.29, 0.717) is 36.2 Å². The molecular formula is C21H24Cl2N2O3S. The van der Waals surface area contributed by atoms with Gasteiger partial charge in [0.2, 0.25) is 0 Å². The van der Waals surface area contributed by atoms with E-state index in [-0.39, 0.29) is 24.0 Å². The Kier molecular flexibility index (Phi) is 6.21. The Morgan fingerprint density at radius 2 is 1.93 bits per heavy atom. The molecule has 0 amide bonds. The lowest BCUT2D eigenvalue weighted by Crippen LogP contribution is -2.41. The molecule has 1 N–H and O–H groups in total. The molecule has 4 rings (SSSR count). The van der Waals surface area contributed by atoms with E-state index in [1.807, 2.05) is 18.2 Å². The van der Waals surface area contributed by atoms with Gasteiger partial charge in [0, 0.05) is 35.1 Å². The smallest absolute Gasteiger partial charge is 0.279 e. The van der Waals surface area contributed by atoms with Crippen molar-refractivity contribution < 1.29 is 13.2 Å². The third kappa shape index (κ3) is 4.79. The van der Waals surface area contributed by atoms with Crippen molar-refractivity contribution in [3.05, 3.63) is 69.7 Å². The summed E-state index contributed by atoms with van der Waals surface area (Å²) in [5.41, 5.74) is 1.98. The molecule has 2 fully saturated rings. The summed E-state index contributed by atoms with van der Waals surface area (Å²) in [6.07, 6.45) is 0.490. The van der Waals surface area contributed by atoms with Gasteiger partial charge < -0.3 is 4.74 Å². The molecule has 156 valence electrons. The molecule has 0 aromatic heterocycles. The highest BCUT2D eigenvalue weighted by Gasteiger charge is 2.50. The molecule has 1 unspecified atom stereocenters. The van der Waals surface area contributed by atoms with Gasteiger partial charge in [-0.2, -0.15) is 17.4 Å². The first kappa shape index (κ1) is 21.1. The Morgan fingerprint density at radius 1 is 1.17 bits per heavy atom. The maximum atomic E-state index is 12.8. The van der Waals surface area contributed by atoms with Gasteiger partial charge in [-0.15, -0.1) is 0 Å². The van der Waals surface area contributed by atoms with Crippen LogP contribution in [0.25, 0.3) is 0 Å². The number of benzene rings is 2. The minimum atomic E-state index is -3.55. The fraction of sp³-hybridized carbons (Fsp3) is 0.429. The second-order valence-corrected chi connectivity index (χ2v) is 10.3. The van der Waals surface area contributed by atoms with E-state index in [4.69, 9.17) is 27.9 Å². The Morgan fingerprint density at radius 3 is 2.69 bits per heavy atom. The zero-order valence-corrected chi connectivity index (χ0v) is 18.4. The largest absolute Gasteiger partial charge is 0.372 e. The fourth-order valence-electron chi connectivity index (χ4n) is 3.99. The van der Waals surface area contributed by atoms with Crippen molar-refractivity contribution in [3.63, 3.8) is 0 Å². The van der Waals surface area contributed by atoms with Crippen LogP contribution in [0.15, 0.2) is 48.5 Å². The molecule has 0 spiro atoms. The molecule has 1 aliphatic carbocycles. The van der Waals surface area contributed by atoms with Gasteiger partial charge in [0.05, 0.1) is 12.7 Å². The lowest BCUT2D eigenvalue weighted by molar-refractivity contribution is 0.0509. The van der Waals surface area contributed by atoms with E-state index in [0.717, 1.165) is 5.56 Å². The van der Waals surface area contributed by atoms with Crippen LogP contribution >= 0.6 is 23.2 Å². The maximum absolute atomic E-state index is 12.8. The average Bonchev–Trinajstić information content (AvgIpc) is 3.10. The minimum absolute atomic E-state index is 0.0624. The number of rotatable bonds is 7. The highest BCUT2D eigenvalue weighted by atomic mass is 35.5. The maximum Gasteiger partial charge on any atom is 0.279 e. The van der Waals surface area contributed by atoms with Crippen LogP contribution in [-0.2, 0) is 21.6 Å². The van der Waals surface area contributed by atoms with Gasteiger partial charge >= 0.3 is 0 Å². The van der Waals surface area contributed by atoms with E-state index in [1.165, 1.54) is 9.87 Å². The number of ether oxygens (including phenoxy) is 1. The third-order valence-corrected chi connectivity index (χ3v) is 7.96. The minimum Gasteiger partial charge on any atom is -0.372 e. The van der Waals surface area contributed by atoms with Gasteiger partial charge in [-0.3, -0.25) is 0 Å². The van der Waals surface area contributed by atoms with E-state index < -0.39 is 10.2 Å². The number of nitrogens with zero attached hydrogens (tertiary/aromatic N) is 1. The molecular weight excluding hydrogens is 431 g/mol. The first-order valence-corrected chi connectivity index (χ1v) is 11.9. The van der Waals surface area contributed by atoms with Gasteiger partial charge in [-0.25, -0.2) is 0 Å². The van der Waals surface area contributed by atoms with Crippen LogP contribution in [0.3, 0.4) is 0 Å². The monoisotopic (exact) mass is 454 g/mol. The topological polar surface area (TPSA) is 58.6 Å². The fourth-order valence-corrected chi connectivity index (χ4v) is 5.92. The Bertz CT molecular complexity index is 971. The predicted molar refractivity (Wildman–Crippen MR) is 115 cm³/mol. The van der Waals surface area contributed by atoms with Gasteiger partial charge in [0.1, 0.15) is 0 Å². The van der Waals surface area contributed by atoms with E-state index >= 15 is 0 Å². The van der Waals surface area contributed by atoms with Crippen LogP contribution in [0.5, 0.6) is 0 Å². The molecule has 0 bridgehead atoms. The third-order valence-electron chi connectivity index (χ3n) is 5.78. The van der Waals surface area contributed by atoms with Crippen molar-refractivity contribution in [2.75, 3.05) is 13.1 Å². The second-order valence-electron chi connectivity index (χ2n) is 7.76. The molecule has 0 radical (unpaired) electrons. The summed E-state index contributed by atoms with van der Waals surface area (Å²) in [5.74, 6) is 0.511. The molecule has 1 aliphatic heterocycles. The van der Waals surface area contributed by atoms with Crippen molar-refractivity contribution in [1.29, 1.82) is 0 Å². The molecule has 1 heterocycles. The number of hydrogen-bond acceptors (Lipinski definition) is 3. The van der Waals surface area contributed by atoms with Crippen molar-refractivity contribution in [2.45, 2.75) is 38.0 Å². The summed E-state index contributed by atoms with van der Waals surface area (Å²) < 4.78 is 36.0. The predicted octanol–water partition coefficient (Wildman–Crippen LogP) is 4.22. The number of nitrogens with one attached hydrogen (secondary N) is 1. The van der Waals surface area contributed by atoms with Gasteiger partial charge in [0.15, 0.2) is 0 Å². The van der Waals surface area contributed by atoms with Gasteiger partial charge in [0.25, 0.3) is 10.2 Å². The highest BCUT2D eigenvalue weighted by molar-refractivity contribution is 7.87. The molecule has 1 saturated heterocycles. The SMILES string of the molecule is C[C@H]1[C@H](NS(=O)(=O)N2CCC(OCc3cc(Cl)ccc3Cl)C2)[C@H]1c1ccccc1. The first-order chi connectivity index (χ1) is 13.8. The number of halogens is 2. The molecule has 5 nitrogen and oxygen atoms in total. The lowest BCUT2D eigenvalue weighted by atomic mass is 10.1. The van der Waals surface area contributed by atoms with Crippen molar-refractivity contribution in [2.24, 2.45) is 5.92 Å². The van der Waals surface area contributed by atoms with Crippen molar-refractivity contribution >= 4 is 33.4 Å². The zero-order chi connectivity index (χ0) is 20.6. The zero-order valence-electron chi connectivity index (χ0n) is 16.1. The summed E-state index contributed by atoms with van der Waals surface area (Å²) in [7, 11) is -3.55. The van der Waals surface area contributed by atoms with Crippen LogP contribution in [0.2, 0.25) is 10.0 Å². The summed E-state index contributed by atoms with van der Waals surface area (Å²) in [4.78, 5) is 0. The van der Waals surface area contributed by atoms with Crippen LogP contribution in [0.1, 0.15) is 30.4 Å². The summed E-state index contributed by atoms with van der Waals surface area (Å²) >= 11 is 12.2. The van der Waals surface area contributed by atoms with Crippen molar-refractivity contribution in [3.8, 4) is 0 Å². The Balaban J connectivity index is 1.32. The average molecular weight is 455 g/mol. The quantitative estimate of drug-likeness (QED) is 0.680. The normalized spacial score (nSPS) is 27.3. The number of hydrogen-bond donors (Lipinski definition) is 1. The first-order valence-electron chi connectivity index (χ1n) is 9.73. The molecule has 8 heteroatoms. The molecule has 29 heavy (non-hydrogen) atoms. The van der Waals surface area contributed by atoms with Crippen LogP contribution in [-0.4, -0.2) is 38.0 Å². The van der Waals surface area contributed by atoms with Gasteiger partial charge in [-0.1, -0.05) is 60.5 Å². The lowest BCUT2D eigenvalue weighted by Gasteiger charge is -2.18. The van der Waals surface area contributed by atoms with E-state index in [2.05, 4.69) is 23.8 Å². The van der Waals surface area contributed by atoms with E-state index in [1.54, 1.807) is 18.2 Å². The Labute approximate surface area is 182 Å². The molecule has 2 aromatic rings. The van der Waals surface area contributed by atoms with Gasteiger partial charge in [-0.05, 0) is 41.7 Å². The van der Waals surface area contributed by atoms with Crippen LogP contribution in [0, 0.1) is 5.92 Å². The summed E-state index contributed by atoms with van der Waals surface area (Å²) in [5, 5.41) is 1.19. The van der Waals surface area contributed by atoms with Crippen LogP contribution in [0.4, 0.5) is 0 Å². The molecule has 2 aromatic carbocycles. The highest BCUT2D eigenvalue weighted by Crippen LogP contribution is 2.47. The van der Waals surface area contributed by atoms with Crippen molar-refractivity contribution in [1.82, 2.24) is 9.03 Å².